The number of hydrogen-bond acceptors (Lipinski definition) is 5. The van der Waals surface area contributed by atoms with Crippen LogP contribution < -0.4 is 5.73 Å². The number of nitrogens with two attached hydrogens (primary N) is 1. The van der Waals surface area contributed by atoms with Crippen LogP contribution in [0.15, 0.2) is 11.1 Å². The molecule has 2 heterocycles. The van der Waals surface area contributed by atoms with Crippen LogP contribution in [0.25, 0.3) is 0 Å². The highest BCUT2D eigenvalue weighted by atomic mass is 32.2. The van der Waals surface area contributed by atoms with Gasteiger partial charge in [0.25, 0.3) is 0 Å². The van der Waals surface area contributed by atoms with E-state index in [1.807, 2.05) is 0 Å². The number of Topliss-reactive ketones (excluding diaryl/α,β-unsaturated/α-hetero) is 1. The Hall–Kier alpha value is -0.940. The molecule has 0 aliphatic carbocycles. The zero-order chi connectivity index (χ0) is 9.26. The second-order valence-corrected chi connectivity index (χ2v) is 3.87. The lowest BCUT2D eigenvalue weighted by molar-refractivity contribution is 0.0991. The number of nitrogens with zero attached hydrogens (tertiary/aromatic N) is 2. The van der Waals surface area contributed by atoms with Crippen molar-refractivity contribution in [3.05, 3.63) is 17.7 Å². The second-order valence-electron chi connectivity index (χ2n) is 2.73. The number of thioether (sulfide) groups is 1. The first-order valence-corrected chi connectivity index (χ1v) is 5.02. The van der Waals surface area contributed by atoms with Crippen LogP contribution in [0.3, 0.4) is 0 Å². The van der Waals surface area contributed by atoms with Crippen LogP contribution in [0.4, 0.5) is 0 Å². The molecule has 13 heavy (non-hydrogen) atoms. The molecule has 2 rings (SSSR count). The summed E-state index contributed by atoms with van der Waals surface area (Å²) in [6, 6.07) is 0. The summed E-state index contributed by atoms with van der Waals surface area (Å²) in [7, 11) is 0. The smallest absolute Gasteiger partial charge is 0.213 e. The van der Waals surface area contributed by atoms with Crippen LogP contribution in [0.5, 0.6) is 0 Å². The van der Waals surface area contributed by atoms with E-state index in [-0.39, 0.29) is 18.2 Å². The summed E-state index contributed by atoms with van der Waals surface area (Å²) in [5.41, 5.74) is 6.20. The minimum Gasteiger partial charge on any atom is -0.324 e. The van der Waals surface area contributed by atoms with Gasteiger partial charge in [-0.1, -0.05) is 0 Å². The van der Waals surface area contributed by atoms with Crippen LogP contribution in [0.1, 0.15) is 16.3 Å². The number of aromatic nitrogens is 2. The highest BCUT2D eigenvalue weighted by Gasteiger charge is 2.16. The molecule has 4 nitrogen and oxygen atoms in total. The van der Waals surface area contributed by atoms with Gasteiger partial charge in [0.1, 0.15) is 0 Å². The Labute approximate surface area is 79.9 Å². The zero-order valence-electron chi connectivity index (χ0n) is 6.99. The normalized spacial score (nSPS) is 14.2. The standard InChI is InChI=1S/C8H9N3OS/c9-3-6(12)8-10-4-7-5(11-8)1-2-13-7/h4H,1-3,9H2. The molecule has 1 aromatic rings. The van der Waals surface area contributed by atoms with Crippen molar-refractivity contribution in [3.8, 4) is 0 Å². The molecule has 0 aromatic carbocycles. The number of carbonyl (C=O) groups excluding carboxylic acids is 1. The third-order valence-electron chi connectivity index (χ3n) is 1.86. The molecule has 1 aromatic heterocycles. The average Bonchev–Trinajstić information content (AvgIpc) is 2.63. The second kappa shape index (κ2) is 3.43. The molecule has 0 saturated carbocycles. The molecule has 68 valence electrons. The van der Waals surface area contributed by atoms with Crippen LogP contribution in [-0.4, -0.2) is 28.0 Å². The quantitative estimate of drug-likeness (QED) is 0.686. The molecular formula is C8H9N3OS. The van der Waals surface area contributed by atoms with Crippen LogP contribution in [0.2, 0.25) is 0 Å². The maximum Gasteiger partial charge on any atom is 0.213 e. The molecule has 1 aliphatic heterocycles. The van der Waals surface area contributed by atoms with Crippen molar-refractivity contribution >= 4 is 17.5 Å². The predicted octanol–water partition coefficient (Wildman–Crippen LogP) is 0.266. The highest BCUT2D eigenvalue weighted by molar-refractivity contribution is 7.99. The van der Waals surface area contributed by atoms with Crippen molar-refractivity contribution in [2.24, 2.45) is 5.73 Å². The van der Waals surface area contributed by atoms with Crippen LogP contribution in [0, 0.1) is 0 Å². The molecule has 0 fully saturated rings. The topological polar surface area (TPSA) is 68.9 Å². The average molecular weight is 195 g/mol. The van der Waals surface area contributed by atoms with E-state index in [0.717, 1.165) is 22.8 Å². The maximum atomic E-state index is 11.2. The summed E-state index contributed by atoms with van der Waals surface area (Å²) in [5.74, 6) is 1.09. The van der Waals surface area contributed by atoms with E-state index in [1.54, 1.807) is 18.0 Å². The fourth-order valence-electron chi connectivity index (χ4n) is 1.19. The molecule has 0 unspecified atom stereocenters. The van der Waals surface area contributed by atoms with Crippen molar-refractivity contribution in [2.45, 2.75) is 11.3 Å². The molecule has 0 spiro atoms. The Morgan fingerprint density at radius 3 is 3.31 bits per heavy atom. The minimum absolute atomic E-state index is 0.0219. The number of rotatable bonds is 2. The van der Waals surface area contributed by atoms with Gasteiger partial charge in [-0.05, 0) is 0 Å². The van der Waals surface area contributed by atoms with Crippen molar-refractivity contribution in [1.29, 1.82) is 0 Å². The molecule has 0 saturated heterocycles. The molecule has 0 bridgehead atoms. The van der Waals surface area contributed by atoms with Crippen LogP contribution >= 0.6 is 11.8 Å². The van der Waals surface area contributed by atoms with E-state index in [1.165, 1.54) is 0 Å². The summed E-state index contributed by atoms with van der Waals surface area (Å²) in [4.78, 5) is 20.4. The lowest BCUT2D eigenvalue weighted by Crippen LogP contribution is -2.17. The zero-order valence-corrected chi connectivity index (χ0v) is 7.80. The molecule has 0 radical (unpaired) electrons. The van der Waals surface area contributed by atoms with E-state index in [4.69, 9.17) is 5.73 Å². The monoisotopic (exact) mass is 195 g/mol. The lowest BCUT2D eigenvalue weighted by atomic mass is 10.3. The summed E-state index contributed by atoms with van der Waals surface area (Å²) >= 11 is 1.73. The molecule has 1 aliphatic rings. The number of aryl methyl sites for hydroxylation is 1. The molecule has 2 N–H and O–H groups in total. The highest BCUT2D eigenvalue weighted by Crippen LogP contribution is 2.28. The summed E-state index contributed by atoms with van der Waals surface area (Å²) in [6.45, 7) is -0.0219. The Kier molecular flexibility index (Phi) is 2.28. The number of fused-ring (bicyclic) bond motifs is 1. The van der Waals surface area contributed by atoms with Gasteiger partial charge in [-0.25, -0.2) is 9.97 Å². The van der Waals surface area contributed by atoms with Crippen molar-refractivity contribution in [2.75, 3.05) is 12.3 Å². The van der Waals surface area contributed by atoms with Gasteiger partial charge in [-0.3, -0.25) is 4.79 Å². The van der Waals surface area contributed by atoms with Gasteiger partial charge in [0, 0.05) is 23.3 Å². The summed E-state index contributed by atoms with van der Waals surface area (Å²) in [6.07, 6.45) is 2.64. The van der Waals surface area contributed by atoms with Gasteiger partial charge in [0.15, 0.2) is 5.82 Å². The minimum atomic E-state index is -0.195. The first-order chi connectivity index (χ1) is 6.31. The van der Waals surface area contributed by atoms with E-state index >= 15 is 0 Å². The fourth-order valence-corrected chi connectivity index (χ4v) is 2.15. The number of ketones is 1. The van der Waals surface area contributed by atoms with Gasteiger partial charge in [-0.15, -0.1) is 11.8 Å². The Morgan fingerprint density at radius 1 is 1.69 bits per heavy atom. The number of carbonyl (C=O) groups is 1. The SMILES string of the molecule is NCC(=O)c1ncc2c(n1)CCS2. The summed E-state index contributed by atoms with van der Waals surface area (Å²) < 4.78 is 0. The Morgan fingerprint density at radius 2 is 2.54 bits per heavy atom. The predicted molar refractivity (Wildman–Crippen MR) is 49.8 cm³/mol. The van der Waals surface area contributed by atoms with Crippen LogP contribution in [-0.2, 0) is 6.42 Å². The van der Waals surface area contributed by atoms with Crippen molar-refractivity contribution < 1.29 is 4.79 Å². The Bertz CT molecular complexity index is 353. The first-order valence-electron chi connectivity index (χ1n) is 4.03. The first kappa shape index (κ1) is 8.65. The maximum absolute atomic E-state index is 11.2. The van der Waals surface area contributed by atoms with E-state index in [9.17, 15) is 4.79 Å². The number of hydrogen-bond donors (Lipinski definition) is 1. The molecule has 5 heteroatoms. The lowest BCUT2D eigenvalue weighted by Gasteiger charge is -1.99. The van der Waals surface area contributed by atoms with Crippen molar-refractivity contribution in [1.82, 2.24) is 9.97 Å². The van der Waals surface area contributed by atoms with Crippen molar-refractivity contribution in [3.63, 3.8) is 0 Å². The van der Waals surface area contributed by atoms with Gasteiger partial charge >= 0.3 is 0 Å². The summed E-state index contributed by atoms with van der Waals surface area (Å²) in [5, 5.41) is 0. The molecular weight excluding hydrogens is 186 g/mol. The van der Waals surface area contributed by atoms with Gasteiger partial charge < -0.3 is 5.73 Å². The van der Waals surface area contributed by atoms with Gasteiger partial charge in [-0.2, -0.15) is 0 Å². The third kappa shape index (κ3) is 1.57. The fraction of sp³-hybridized carbons (Fsp3) is 0.375. The largest absolute Gasteiger partial charge is 0.324 e. The third-order valence-corrected chi connectivity index (χ3v) is 2.92. The van der Waals surface area contributed by atoms with E-state index in [0.29, 0.717) is 0 Å². The van der Waals surface area contributed by atoms with E-state index < -0.39 is 0 Å². The van der Waals surface area contributed by atoms with E-state index in [2.05, 4.69) is 9.97 Å². The Balaban J connectivity index is 2.36. The molecule has 0 atom stereocenters. The van der Waals surface area contributed by atoms with Gasteiger partial charge in [0.05, 0.1) is 12.2 Å². The molecule has 0 amide bonds. The van der Waals surface area contributed by atoms with Gasteiger partial charge in [0.2, 0.25) is 5.78 Å².